The molecule has 0 bridgehead atoms. The van der Waals surface area contributed by atoms with Gasteiger partial charge in [0.25, 0.3) is 0 Å². The van der Waals surface area contributed by atoms with Gasteiger partial charge in [-0.05, 0) is 41.6 Å². The van der Waals surface area contributed by atoms with Gasteiger partial charge in [-0.3, -0.25) is 0 Å². The second-order valence-corrected chi connectivity index (χ2v) is 4.63. The van der Waals surface area contributed by atoms with E-state index in [4.69, 9.17) is 5.11 Å². The Morgan fingerprint density at radius 3 is 2.73 bits per heavy atom. The Balaban J connectivity index is 2.91. The molecule has 0 aliphatic heterocycles. The molecule has 1 aromatic carbocycles. The number of carboxylic acid groups (broad SMARTS) is 1. The highest BCUT2D eigenvalue weighted by molar-refractivity contribution is 14.1. The number of fused-ring (bicyclic) bond motifs is 1. The minimum Gasteiger partial charge on any atom is -0.477 e. The van der Waals surface area contributed by atoms with Gasteiger partial charge in [0.05, 0.1) is 3.57 Å². The molecule has 0 saturated carbocycles. The van der Waals surface area contributed by atoms with Gasteiger partial charge in [0.2, 0.25) is 0 Å². The molecule has 15 heavy (non-hydrogen) atoms. The number of aromatic carboxylic acids is 1. The van der Waals surface area contributed by atoms with E-state index >= 15 is 0 Å². The average Bonchev–Trinajstić information content (AvgIpc) is 2.39. The van der Waals surface area contributed by atoms with Gasteiger partial charge in [-0.25, -0.2) is 4.79 Å². The molecule has 78 valence electrons. The Labute approximate surface area is 101 Å². The zero-order chi connectivity index (χ0) is 11.2. The van der Waals surface area contributed by atoms with Crippen LogP contribution in [-0.2, 0) is 7.05 Å². The summed E-state index contributed by atoms with van der Waals surface area (Å²) < 4.78 is 2.53. The zero-order valence-corrected chi connectivity index (χ0v) is 10.6. The maximum absolute atomic E-state index is 11.1. The number of benzene rings is 1. The van der Waals surface area contributed by atoms with Crippen LogP contribution in [0.3, 0.4) is 0 Å². The van der Waals surface area contributed by atoms with Crippen LogP contribution in [-0.4, -0.2) is 15.6 Å². The van der Waals surface area contributed by atoms with Crippen molar-refractivity contribution in [3.63, 3.8) is 0 Å². The third kappa shape index (κ3) is 1.52. The smallest absolute Gasteiger partial charge is 0.353 e. The van der Waals surface area contributed by atoms with Crippen LogP contribution in [0.2, 0.25) is 0 Å². The van der Waals surface area contributed by atoms with Crippen molar-refractivity contribution < 1.29 is 9.90 Å². The number of hydrogen-bond acceptors (Lipinski definition) is 1. The molecule has 0 aliphatic rings. The molecule has 0 amide bonds. The number of rotatable bonds is 1. The number of carbonyl (C=O) groups is 1. The molecule has 0 radical (unpaired) electrons. The largest absolute Gasteiger partial charge is 0.477 e. The number of nitrogens with zero attached hydrogens (tertiary/aromatic N) is 1. The fourth-order valence-corrected chi connectivity index (χ4v) is 2.78. The van der Waals surface area contributed by atoms with Crippen LogP contribution in [0.15, 0.2) is 18.2 Å². The van der Waals surface area contributed by atoms with E-state index in [2.05, 4.69) is 22.6 Å². The van der Waals surface area contributed by atoms with Crippen molar-refractivity contribution in [3.05, 3.63) is 33.0 Å². The third-order valence-corrected chi connectivity index (χ3v) is 3.59. The van der Waals surface area contributed by atoms with Gasteiger partial charge in [-0.15, -0.1) is 0 Å². The Morgan fingerprint density at radius 1 is 1.47 bits per heavy atom. The average molecular weight is 315 g/mol. The summed E-state index contributed by atoms with van der Waals surface area (Å²) in [6.07, 6.45) is 0. The van der Waals surface area contributed by atoms with Crippen molar-refractivity contribution in [3.8, 4) is 0 Å². The van der Waals surface area contributed by atoms with Crippen LogP contribution in [0.5, 0.6) is 0 Å². The minimum absolute atomic E-state index is 0.358. The topological polar surface area (TPSA) is 42.2 Å². The highest BCUT2D eigenvalue weighted by Gasteiger charge is 2.18. The quantitative estimate of drug-likeness (QED) is 0.822. The Morgan fingerprint density at radius 2 is 2.13 bits per heavy atom. The van der Waals surface area contributed by atoms with Gasteiger partial charge in [0, 0.05) is 18.0 Å². The van der Waals surface area contributed by atoms with Crippen molar-refractivity contribution in [2.75, 3.05) is 0 Å². The van der Waals surface area contributed by atoms with Crippen LogP contribution < -0.4 is 0 Å². The number of aromatic nitrogens is 1. The van der Waals surface area contributed by atoms with E-state index in [1.165, 1.54) is 0 Å². The Hall–Kier alpha value is -1.04. The van der Waals surface area contributed by atoms with Gasteiger partial charge in [0.15, 0.2) is 0 Å². The lowest BCUT2D eigenvalue weighted by atomic mass is 10.2. The van der Waals surface area contributed by atoms with Crippen LogP contribution in [0.4, 0.5) is 0 Å². The first kappa shape index (κ1) is 10.5. The van der Waals surface area contributed by atoms with E-state index < -0.39 is 5.97 Å². The van der Waals surface area contributed by atoms with Crippen molar-refractivity contribution in [1.82, 2.24) is 4.57 Å². The summed E-state index contributed by atoms with van der Waals surface area (Å²) in [5.41, 5.74) is 2.46. The first-order chi connectivity index (χ1) is 7.02. The summed E-state index contributed by atoms with van der Waals surface area (Å²) in [5, 5.41) is 10.1. The lowest BCUT2D eigenvalue weighted by Gasteiger charge is -1.98. The standard InChI is InChI=1S/C11H10INO2/c1-6-3-4-8-7(5-6)9(12)10(11(14)15)13(8)2/h3-5H,1-2H3,(H,14,15). The van der Waals surface area contributed by atoms with Gasteiger partial charge in [-0.2, -0.15) is 0 Å². The van der Waals surface area contributed by atoms with E-state index in [0.717, 1.165) is 20.0 Å². The lowest BCUT2D eigenvalue weighted by Crippen LogP contribution is -2.05. The molecule has 0 aliphatic carbocycles. The molecule has 1 heterocycles. The fraction of sp³-hybridized carbons (Fsp3) is 0.182. The Kier molecular flexibility index (Phi) is 2.46. The van der Waals surface area contributed by atoms with Crippen LogP contribution in [0.25, 0.3) is 10.9 Å². The van der Waals surface area contributed by atoms with Crippen molar-refractivity contribution >= 4 is 39.5 Å². The van der Waals surface area contributed by atoms with Crippen LogP contribution in [0.1, 0.15) is 16.1 Å². The van der Waals surface area contributed by atoms with E-state index in [1.807, 2.05) is 25.1 Å². The predicted molar refractivity (Wildman–Crippen MR) is 67.3 cm³/mol. The van der Waals surface area contributed by atoms with Crippen molar-refractivity contribution in [2.24, 2.45) is 7.05 Å². The lowest BCUT2D eigenvalue weighted by molar-refractivity contribution is 0.0686. The van der Waals surface area contributed by atoms with Gasteiger partial charge in [0.1, 0.15) is 5.69 Å². The van der Waals surface area contributed by atoms with Gasteiger partial charge in [-0.1, -0.05) is 11.6 Å². The zero-order valence-electron chi connectivity index (χ0n) is 8.41. The van der Waals surface area contributed by atoms with Crippen LogP contribution >= 0.6 is 22.6 Å². The third-order valence-electron chi connectivity index (χ3n) is 2.50. The van der Waals surface area contributed by atoms with Gasteiger partial charge >= 0.3 is 5.97 Å². The second-order valence-electron chi connectivity index (χ2n) is 3.55. The van der Waals surface area contributed by atoms with Crippen molar-refractivity contribution in [2.45, 2.75) is 6.92 Å². The maximum atomic E-state index is 11.1. The summed E-state index contributed by atoms with van der Waals surface area (Å²) in [4.78, 5) is 11.1. The Bertz CT molecular complexity index is 557. The number of carboxylic acids is 1. The molecule has 0 saturated heterocycles. The number of aryl methyl sites for hydroxylation is 2. The fourth-order valence-electron chi connectivity index (χ4n) is 1.75. The predicted octanol–water partition coefficient (Wildman–Crippen LogP) is 2.79. The molecule has 0 fully saturated rings. The summed E-state index contributed by atoms with van der Waals surface area (Å²) in [7, 11) is 1.78. The first-order valence-electron chi connectivity index (χ1n) is 4.50. The molecule has 2 aromatic rings. The summed E-state index contributed by atoms with van der Waals surface area (Å²) >= 11 is 2.09. The van der Waals surface area contributed by atoms with Crippen molar-refractivity contribution in [1.29, 1.82) is 0 Å². The SMILES string of the molecule is Cc1ccc2c(c1)c(I)c(C(=O)O)n2C. The highest BCUT2D eigenvalue weighted by Crippen LogP contribution is 2.27. The number of halogens is 1. The molecule has 1 N–H and O–H groups in total. The summed E-state index contributed by atoms with van der Waals surface area (Å²) in [5.74, 6) is -0.879. The van der Waals surface area contributed by atoms with E-state index in [-0.39, 0.29) is 0 Å². The second kappa shape index (κ2) is 3.52. The van der Waals surface area contributed by atoms with Gasteiger partial charge < -0.3 is 9.67 Å². The summed E-state index contributed by atoms with van der Waals surface area (Å²) in [6, 6.07) is 5.97. The normalized spacial score (nSPS) is 10.9. The molecule has 0 unspecified atom stereocenters. The maximum Gasteiger partial charge on any atom is 0.353 e. The minimum atomic E-state index is -0.879. The van der Waals surface area contributed by atoms with E-state index in [9.17, 15) is 4.79 Å². The number of hydrogen-bond donors (Lipinski definition) is 1. The van der Waals surface area contributed by atoms with Crippen LogP contribution in [0, 0.1) is 10.5 Å². The monoisotopic (exact) mass is 315 g/mol. The van der Waals surface area contributed by atoms with E-state index in [0.29, 0.717) is 5.69 Å². The summed E-state index contributed by atoms with van der Waals surface area (Å²) in [6.45, 7) is 2.00. The molecule has 0 atom stereocenters. The van der Waals surface area contributed by atoms with E-state index in [1.54, 1.807) is 11.6 Å². The molecular weight excluding hydrogens is 305 g/mol. The molecule has 0 spiro atoms. The highest BCUT2D eigenvalue weighted by atomic mass is 127. The first-order valence-corrected chi connectivity index (χ1v) is 5.58. The molecule has 1 aromatic heterocycles. The molecule has 4 heteroatoms. The molecular formula is C11H10INO2. The molecule has 3 nitrogen and oxygen atoms in total. The molecule has 2 rings (SSSR count).